The van der Waals surface area contributed by atoms with Gasteiger partial charge in [0.2, 0.25) is 5.75 Å². The van der Waals surface area contributed by atoms with Gasteiger partial charge in [-0.2, -0.15) is 0 Å². The molecule has 0 aliphatic heterocycles. The van der Waals surface area contributed by atoms with Crippen LogP contribution in [-0.2, 0) is 0 Å². The second kappa shape index (κ2) is 5.78. The highest BCUT2D eigenvalue weighted by molar-refractivity contribution is 6.02. The van der Waals surface area contributed by atoms with E-state index in [9.17, 15) is 9.90 Å². The van der Waals surface area contributed by atoms with Gasteiger partial charge in [-0.05, 0) is 23.6 Å². The minimum absolute atomic E-state index is 0.119. The summed E-state index contributed by atoms with van der Waals surface area (Å²) in [4.78, 5) is 11.2. The number of rotatable bonds is 5. The molecule has 0 radical (unpaired) electrons. The first-order chi connectivity index (χ1) is 10.1. The van der Waals surface area contributed by atoms with Gasteiger partial charge in [-0.15, -0.1) is 0 Å². The molecule has 0 fully saturated rings. The maximum absolute atomic E-state index is 11.2. The van der Waals surface area contributed by atoms with Crippen molar-refractivity contribution in [2.24, 2.45) is 0 Å². The molecule has 2 aromatic carbocycles. The first-order valence-corrected chi connectivity index (χ1v) is 6.11. The molecule has 21 heavy (non-hydrogen) atoms. The van der Waals surface area contributed by atoms with Crippen LogP contribution in [0.1, 0.15) is 10.4 Å². The highest BCUT2D eigenvalue weighted by atomic mass is 16.5. The van der Waals surface area contributed by atoms with Gasteiger partial charge < -0.3 is 24.1 Å². The van der Waals surface area contributed by atoms with E-state index in [1.165, 1.54) is 40.6 Å². The van der Waals surface area contributed by atoms with Crippen LogP contribution in [0, 0.1) is 0 Å². The van der Waals surface area contributed by atoms with E-state index in [1.54, 1.807) is 6.07 Å². The van der Waals surface area contributed by atoms with Gasteiger partial charge in [-0.25, -0.2) is 4.79 Å². The quantitative estimate of drug-likeness (QED) is 0.913. The Labute approximate surface area is 121 Å². The summed E-state index contributed by atoms with van der Waals surface area (Å²) in [5.41, 5.74) is 0.119. The minimum Gasteiger partial charge on any atom is -0.496 e. The fourth-order valence-corrected chi connectivity index (χ4v) is 2.25. The average Bonchev–Trinajstić information content (AvgIpc) is 2.51. The lowest BCUT2D eigenvalue weighted by molar-refractivity contribution is 0.0696. The van der Waals surface area contributed by atoms with Crippen molar-refractivity contribution < 1.29 is 28.8 Å². The molecule has 0 heterocycles. The summed E-state index contributed by atoms with van der Waals surface area (Å²) in [5, 5.41) is 10.4. The van der Waals surface area contributed by atoms with Gasteiger partial charge in [-0.3, -0.25) is 0 Å². The molecule has 0 aromatic heterocycles. The maximum atomic E-state index is 11.2. The number of ether oxygens (including phenoxy) is 4. The topological polar surface area (TPSA) is 74.2 Å². The molecular formula is C15H16O6. The molecule has 6 nitrogen and oxygen atoms in total. The molecule has 1 N–H and O–H groups in total. The lowest BCUT2D eigenvalue weighted by Gasteiger charge is -2.17. The third-order valence-corrected chi connectivity index (χ3v) is 3.17. The summed E-state index contributed by atoms with van der Waals surface area (Å²) < 4.78 is 21.3. The predicted molar refractivity (Wildman–Crippen MR) is 77.1 cm³/mol. The van der Waals surface area contributed by atoms with Gasteiger partial charge in [0.05, 0.1) is 39.4 Å². The van der Waals surface area contributed by atoms with E-state index in [0.29, 0.717) is 33.8 Å². The lowest BCUT2D eigenvalue weighted by atomic mass is 10.0. The van der Waals surface area contributed by atoms with Crippen molar-refractivity contribution >= 4 is 16.7 Å². The predicted octanol–water partition coefficient (Wildman–Crippen LogP) is 2.57. The molecule has 0 aliphatic carbocycles. The van der Waals surface area contributed by atoms with Crippen LogP contribution in [0.2, 0.25) is 0 Å². The highest BCUT2D eigenvalue weighted by Crippen LogP contribution is 2.47. The second-order valence-electron chi connectivity index (χ2n) is 4.23. The van der Waals surface area contributed by atoms with Crippen LogP contribution < -0.4 is 18.9 Å². The van der Waals surface area contributed by atoms with Crippen LogP contribution in [0.5, 0.6) is 23.0 Å². The van der Waals surface area contributed by atoms with Gasteiger partial charge >= 0.3 is 5.97 Å². The van der Waals surface area contributed by atoms with Gasteiger partial charge in [0, 0.05) is 0 Å². The molecule has 0 saturated heterocycles. The number of methoxy groups -OCH3 is 4. The summed E-state index contributed by atoms with van der Waals surface area (Å²) in [6, 6.07) is 4.66. The zero-order valence-electron chi connectivity index (χ0n) is 12.2. The van der Waals surface area contributed by atoms with E-state index in [4.69, 9.17) is 18.9 Å². The average molecular weight is 292 g/mol. The molecule has 6 heteroatoms. The van der Waals surface area contributed by atoms with Crippen molar-refractivity contribution in [3.05, 3.63) is 23.8 Å². The molecule has 0 atom stereocenters. The van der Waals surface area contributed by atoms with E-state index in [-0.39, 0.29) is 5.56 Å². The molecule has 0 spiro atoms. The van der Waals surface area contributed by atoms with E-state index in [1.807, 2.05) is 0 Å². The molecule has 2 aromatic rings. The highest BCUT2D eigenvalue weighted by Gasteiger charge is 2.20. The molecule has 2 rings (SSSR count). The van der Waals surface area contributed by atoms with Crippen molar-refractivity contribution in [1.82, 2.24) is 0 Å². The van der Waals surface area contributed by atoms with Crippen LogP contribution in [0.4, 0.5) is 0 Å². The van der Waals surface area contributed by atoms with Crippen LogP contribution in [-0.4, -0.2) is 39.5 Å². The lowest BCUT2D eigenvalue weighted by Crippen LogP contribution is -2.01. The normalized spacial score (nSPS) is 10.3. The molecule has 0 bridgehead atoms. The van der Waals surface area contributed by atoms with Crippen molar-refractivity contribution in [3.63, 3.8) is 0 Å². The van der Waals surface area contributed by atoms with Crippen molar-refractivity contribution in [2.45, 2.75) is 0 Å². The largest absolute Gasteiger partial charge is 0.496 e. The van der Waals surface area contributed by atoms with Gasteiger partial charge in [0.1, 0.15) is 5.75 Å². The molecule has 0 aliphatic rings. The Kier molecular flexibility index (Phi) is 4.07. The number of carbonyl (C=O) groups is 1. The minimum atomic E-state index is -1.04. The Morgan fingerprint density at radius 1 is 0.857 bits per heavy atom. The van der Waals surface area contributed by atoms with Crippen LogP contribution in [0.15, 0.2) is 18.2 Å². The third-order valence-electron chi connectivity index (χ3n) is 3.17. The third kappa shape index (κ3) is 2.40. The molecular weight excluding hydrogens is 276 g/mol. The standard InChI is InChI=1S/C15H16O6/c1-18-10-7-9(15(16)17)5-8-6-11(19-2)13(20-3)14(21-4)12(8)10/h5-7H,1-4H3,(H,16,17). The van der Waals surface area contributed by atoms with Gasteiger partial charge in [-0.1, -0.05) is 0 Å². The Morgan fingerprint density at radius 3 is 1.95 bits per heavy atom. The first-order valence-electron chi connectivity index (χ1n) is 6.11. The van der Waals surface area contributed by atoms with Gasteiger partial charge in [0.15, 0.2) is 11.5 Å². The fraction of sp³-hybridized carbons (Fsp3) is 0.267. The van der Waals surface area contributed by atoms with E-state index in [0.717, 1.165) is 0 Å². The SMILES string of the molecule is COc1cc2cc(C(=O)O)cc(OC)c2c(OC)c1OC. The Morgan fingerprint density at radius 2 is 1.48 bits per heavy atom. The Bertz CT molecular complexity index is 692. The maximum Gasteiger partial charge on any atom is 0.335 e. The number of fused-ring (bicyclic) bond motifs is 1. The molecule has 0 unspecified atom stereocenters. The van der Waals surface area contributed by atoms with E-state index >= 15 is 0 Å². The number of aromatic carboxylic acids is 1. The Balaban J connectivity index is 2.93. The fourth-order valence-electron chi connectivity index (χ4n) is 2.25. The summed E-state index contributed by atoms with van der Waals surface area (Å²) in [6.07, 6.45) is 0. The first kappa shape index (κ1) is 14.8. The summed E-state index contributed by atoms with van der Waals surface area (Å²) in [7, 11) is 5.98. The van der Waals surface area contributed by atoms with Crippen molar-refractivity contribution in [1.29, 1.82) is 0 Å². The zero-order chi connectivity index (χ0) is 15.6. The van der Waals surface area contributed by atoms with Crippen LogP contribution >= 0.6 is 0 Å². The number of carboxylic acids is 1. The summed E-state index contributed by atoms with van der Waals surface area (Å²) >= 11 is 0. The molecule has 0 saturated carbocycles. The number of hydrogen-bond acceptors (Lipinski definition) is 5. The van der Waals surface area contributed by atoms with Crippen molar-refractivity contribution in [3.8, 4) is 23.0 Å². The summed E-state index contributed by atoms with van der Waals surface area (Å²) in [6.45, 7) is 0. The number of carboxylic acid groups (broad SMARTS) is 1. The molecule has 112 valence electrons. The summed E-state index contributed by atoms with van der Waals surface area (Å²) in [5.74, 6) is 0.660. The Hall–Kier alpha value is -2.63. The molecule has 0 amide bonds. The van der Waals surface area contributed by atoms with Crippen LogP contribution in [0.25, 0.3) is 10.8 Å². The number of benzene rings is 2. The van der Waals surface area contributed by atoms with Gasteiger partial charge in [0.25, 0.3) is 0 Å². The smallest absolute Gasteiger partial charge is 0.335 e. The van der Waals surface area contributed by atoms with Crippen LogP contribution in [0.3, 0.4) is 0 Å². The zero-order valence-corrected chi connectivity index (χ0v) is 12.2. The monoisotopic (exact) mass is 292 g/mol. The van der Waals surface area contributed by atoms with E-state index < -0.39 is 5.97 Å². The van der Waals surface area contributed by atoms with E-state index in [2.05, 4.69) is 0 Å². The number of hydrogen-bond donors (Lipinski definition) is 1. The second-order valence-corrected chi connectivity index (χ2v) is 4.23. The van der Waals surface area contributed by atoms with Crippen molar-refractivity contribution in [2.75, 3.05) is 28.4 Å².